The highest BCUT2D eigenvalue weighted by molar-refractivity contribution is 5.90. The van der Waals surface area contributed by atoms with Crippen molar-refractivity contribution in [3.63, 3.8) is 0 Å². The van der Waals surface area contributed by atoms with Gasteiger partial charge in [0.25, 0.3) is 0 Å². The van der Waals surface area contributed by atoms with E-state index in [0.29, 0.717) is 19.0 Å². The number of anilines is 1. The van der Waals surface area contributed by atoms with E-state index < -0.39 is 0 Å². The number of amides is 1. The standard InChI is InChI=1S/C16H25N3O2/c1-19(15-8-10-21-12-15)9-2-3-16(20)18-14-6-4-13(11-17)5-7-14/h4-7,15H,2-3,8-12,17H2,1H3,(H,18,20). The molecule has 5 heteroatoms. The monoisotopic (exact) mass is 291 g/mol. The first kappa shape index (κ1) is 15.9. The van der Waals surface area contributed by atoms with E-state index in [-0.39, 0.29) is 5.91 Å². The van der Waals surface area contributed by atoms with Crippen LogP contribution in [0.4, 0.5) is 5.69 Å². The lowest BCUT2D eigenvalue weighted by atomic mass is 10.2. The number of hydrogen-bond donors (Lipinski definition) is 2. The highest BCUT2D eigenvalue weighted by Crippen LogP contribution is 2.12. The summed E-state index contributed by atoms with van der Waals surface area (Å²) in [5.41, 5.74) is 7.44. The van der Waals surface area contributed by atoms with Crippen LogP contribution in [-0.4, -0.2) is 43.7 Å². The van der Waals surface area contributed by atoms with Crippen LogP contribution in [-0.2, 0) is 16.1 Å². The lowest BCUT2D eigenvalue weighted by Crippen LogP contribution is -2.33. The van der Waals surface area contributed by atoms with Gasteiger partial charge in [-0.15, -0.1) is 0 Å². The van der Waals surface area contributed by atoms with Crippen LogP contribution >= 0.6 is 0 Å². The molecule has 21 heavy (non-hydrogen) atoms. The molecule has 1 saturated heterocycles. The van der Waals surface area contributed by atoms with Crippen molar-refractivity contribution < 1.29 is 9.53 Å². The van der Waals surface area contributed by atoms with Crippen LogP contribution in [0.25, 0.3) is 0 Å². The lowest BCUT2D eigenvalue weighted by molar-refractivity contribution is -0.116. The van der Waals surface area contributed by atoms with Crippen LogP contribution in [0.5, 0.6) is 0 Å². The van der Waals surface area contributed by atoms with E-state index >= 15 is 0 Å². The average Bonchev–Trinajstić information content (AvgIpc) is 3.02. The van der Waals surface area contributed by atoms with Crippen molar-refractivity contribution in [2.24, 2.45) is 5.73 Å². The van der Waals surface area contributed by atoms with Crippen molar-refractivity contribution in [3.8, 4) is 0 Å². The molecule has 1 aliphatic heterocycles. The predicted octanol–water partition coefficient (Wildman–Crippen LogP) is 1.58. The van der Waals surface area contributed by atoms with Crippen molar-refractivity contribution in [2.75, 3.05) is 32.1 Å². The molecule has 3 N–H and O–H groups in total. The molecule has 0 bridgehead atoms. The molecule has 1 heterocycles. The van der Waals surface area contributed by atoms with E-state index in [1.165, 1.54) is 0 Å². The fraction of sp³-hybridized carbons (Fsp3) is 0.562. The second-order valence-corrected chi connectivity index (χ2v) is 5.55. The number of carbonyl (C=O) groups excluding carboxylic acids is 1. The summed E-state index contributed by atoms with van der Waals surface area (Å²) in [6, 6.07) is 8.16. The molecular weight excluding hydrogens is 266 g/mol. The normalized spacial score (nSPS) is 18.1. The summed E-state index contributed by atoms with van der Waals surface area (Å²) >= 11 is 0. The molecule has 1 aromatic carbocycles. The smallest absolute Gasteiger partial charge is 0.224 e. The molecule has 1 amide bonds. The number of benzene rings is 1. The fourth-order valence-electron chi connectivity index (χ4n) is 2.49. The van der Waals surface area contributed by atoms with E-state index in [9.17, 15) is 4.79 Å². The molecule has 0 spiro atoms. The molecule has 0 aliphatic carbocycles. The minimum Gasteiger partial charge on any atom is -0.380 e. The van der Waals surface area contributed by atoms with Crippen molar-refractivity contribution in [1.82, 2.24) is 4.90 Å². The molecular formula is C16H25N3O2. The van der Waals surface area contributed by atoms with E-state index in [0.717, 1.165) is 43.9 Å². The maximum Gasteiger partial charge on any atom is 0.224 e. The Labute approximate surface area is 126 Å². The van der Waals surface area contributed by atoms with Crippen LogP contribution in [0, 0.1) is 0 Å². The average molecular weight is 291 g/mol. The zero-order valence-corrected chi connectivity index (χ0v) is 12.7. The Kier molecular flexibility index (Phi) is 6.17. The van der Waals surface area contributed by atoms with E-state index in [1.807, 2.05) is 24.3 Å². The van der Waals surface area contributed by atoms with Gasteiger partial charge in [0.2, 0.25) is 5.91 Å². The number of hydrogen-bond acceptors (Lipinski definition) is 4. The van der Waals surface area contributed by atoms with Crippen LogP contribution in [0.1, 0.15) is 24.8 Å². The van der Waals surface area contributed by atoms with Gasteiger partial charge in [0.05, 0.1) is 6.61 Å². The molecule has 0 radical (unpaired) electrons. The second kappa shape index (κ2) is 8.12. The molecule has 0 aromatic heterocycles. The van der Waals surface area contributed by atoms with Gasteiger partial charge in [-0.25, -0.2) is 0 Å². The Hall–Kier alpha value is -1.43. The molecule has 1 aromatic rings. The maximum atomic E-state index is 11.9. The number of likely N-dealkylation sites (N-methyl/N-ethyl adjacent to an activating group) is 1. The molecule has 1 fully saturated rings. The summed E-state index contributed by atoms with van der Waals surface area (Å²) in [4.78, 5) is 14.2. The zero-order chi connectivity index (χ0) is 15.1. The van der Waals surface area contributed by atoms with Crippen LogP contribution < -0.4 is 11.1 Å². The number of rotatable bonds is 7. The third kappa shape index (κ3) is 5.12. The first-order valence-electron chi connectivity index (χ1n) is 7.56. The molecule has 1 atom stereocenters. The lowest BCUT2D eigenvalue weighted by Gasteiger charge is -2.22. The number of carbonyl (C=O) groups is 1. The third-order valence-corrected chi connectivity index (χ3v) is 3.92. The molecule has 5 nitrogen and oxygen atoms in total. The first-order chi connectivity index (χ1) is 10.2. The van der Waals surface area contributed by atoms with Gasteiger partial charge >= 0.3 is 0 Å². The Morgan fingerprint density at radius 2 is 2.19 bits per heavy atom. The minimum atomic E-state index is 0.0616. The van der Waals surface area contributed by atoms with Gasteiger partial charge in [-0.05, 0) is 44.1 Å². The van der Waals surface area contributed by atoms with Crippen LogP contribution in [0.3, 0.4) is 0 Å². The van der Waals surface area contributed by atoms with E-state index in [2.05, 4.69) is 17.3 Å². The van der Waals surface area contributed by atoms with Crippen LogP contribution in [0.2, 0.25) is 0 Å². The molecule has 1 unspecified atom stereocenters. The Morgan fingerprint density at radius 3 is 2.81 bits per heavy atom. The Balaban J connectivity index is 1.66. The largest absolute Gasteiger partial charge is 0.380 e. The number of nitrogens with zero attached hydrogens (tertiary/aromatic N) is 1. The van der Waals surface area contributed by atoms with Crippen molar-refractivity contribution >= 4 is 11.6 Å². The summed E-state index contributed by atoms with van der Waals surface area (Å²) < 4.78 is 5.37. The highest BCUT2D eigenvalue weighted by atomic mass is 16.5. The van der Waals surface area contributed by atoms with Gasteiger partial charge in [-0.3, -0.25) is 4.79 Å². The van der Waals surface area contributed by atoms with E-state index in [4.69, 9.17) is 10.5 Å². The predicted molar refractivity (Wildman–Crippen MR) is 84.1 cm³/mol. The zero-order valence-electron chi connectivity index (χ0n) is 12.7. The van der Waals surface area contributed by atoms with Gasteiger partial charge < -0.3 is 20.7 Å². The Morgan fingerprint density at radius 1 is 1.43 bits per heavy atom. The molecule has 2 rings (SSSR count). The van der Waals surface area contributed by atoms with Crippen molar-refractivity contribution in [2.45, 2.75) is 31.8 Å². The fourth-order valence-corrected chi connectivity index (χ4v) is 2.49. The highest BCUT2D eigenvalue weighted by Gasteiger charge is 2.19. The maximum absolute atomic E-state index is 11.9. The van der Waals surface area contributed by atoms with Crippen LogP contribution in [0.15, 0.2) is 24.3 Å². The topological polar surface area (TPSA) is 67.6 Å². The summed E-state index contributed by atoms with van der Waals surface area (Å²) in [5, 5.41) is 2.91. The van der Waals surface area contributed by atoms with Gasteiger partial charge in [0.1, 0.15) is 0 Å². The second-order valence-electron chi connectivity index (χ2n) is 5.55. The first-order valence-corrected chi connectivity index (χ1v) is 7.56. The van der Waals surface area contributed by atoms with Gasteiger partial charge in [0.15, 0.2) is 0 Å². The Bertz CT molecular complexity index is 441. The van der Waals surface area contributed by atoms with Gasteiger partial charge in [-0.1, -0.05) is 12.1 Å². The number of nitrogens with two attached hydrogens (primary N) is 1. The SMILES string of the molecule is CN(CCCC(=O)Nc1ccc(CN)cc1)C1CCOC1. The summed E-state index contributed by atoms with van der Waals surface area (Å²) in [5.74, 6) is 0.0616. The molecule has 1 aliphatic rings. The van der Waals surface area contributed by atoms with Gasteiger partial charge in [-0.2, -0.15) is 0 Å². The quantitative estimate of drug-likeness (QED) is 0.800. The summed E-state index contributed by atoms with van der Waals surface area (Å²) in [6.07, 6.45) is 2.49. The van der Waals surface area contributed by atoms with E-state index in [1.54, 1.807) is 0 Å². The summed E-state index contributed by atoms with van der Waals surface area (Å²) in [6.45, 7) is 3.11. The van der Waals surface area contributed by atoms with Crippen molar-refractivity contribution in [1.29, 1.82) is 0 Å². The number of ether oxygens (including phenoxy) is 1. The summed E-state index contributed by atoms with van der Waals surface area (Å²) in [7, 11) is 2.10. The minimum absolute atomic E-state index is 0.0616. The molecule has 116 valence electrons. The molecule has 0 saturated carbocycles. The van der Waals surface area contributed by atoms with Crippen molar-refractivity contribution in [3.05, 3.63) is 29.8 Å². The number of nitrogens with one attached hydrogen (secondary N) is 1. The van der Waals surface area contributed by atoms with Gasteiger partial charge in [0, 0.05) is 31.3 Å². The third-order valence-electron chi connectivity index (χ3n) is 3.92.